The Morgan fingerprint density at radius 1 is 1.29 bits per heavy atom. The summed E-state index contributed by atoms with van der Waals surface area (Å²) in [4.78, 5) is 0. The summed E-state index contributed by atoms with van der Waals surface area (Å²) in [5.74, 6) is 0.321. The van der Waals surface area contributed by atoms with E-state index in [9.17, 15) is 8.42 Å². The van der Waals surface area contributed by atoms with E-state index in [2.05, 4.69) is 5.16 Å². The van der Waals surface area contributed by atoms with E-state index < -0.39 is 10.0 Å². The number of rotatable bonds is 4. The molecule has 1 aromatic heterocycles. The standard InChI is InChI=1S/C14H19N3O3S/c15-9-11-5-7-17(8-6-11)21(18,19)10-13-12-3-1-2-4-14(12)20-16-13/h1-4,11H,5-10,15H2. The highest BCUT2D eigenvalue weighted by atomic mass is 32.2. The van der Waals surface area contributed by atoms with Gasteiger partial charge in [0, 0.05) is 18.5 Å². The zero-order valence-corrected chi connectivity index (χ0v) is 12.6. The van der Waals surface area contributed by atoms with Crippen molar-refractivity contribution in [3.8, 4) is 0 Å². The fourth-order valence-corrected chi connectivity index (χ4v) is 4.23. The fourth-order valence-electron chi connectivity index (χ4n) is 2.73. The van der Waals surface area contributed by atoms with Gasteiger partial charge in [0.15, 0.2) is 5.58 Å². The van der Waals surface area contributed by atoms with Crippen LogP contribution in [-0.2, 0) is 15.8 Å². The van der Waals surface area contributed by atoms with E-state index in [1.807, 2.05) is 18.2 Å². The first-order valence-corrected chi connectivity index (χ1v) is 8.72. The molecule has 0 unspecified atom stereocenters. The number of nitrogens with zero attached hydrogens (tertiary/aromatic N) is 2. The minimum Gasteiger partial charge on any atom is -0.356 e. The molecule has 1 fully saturated rings. The van der Waals surface area contributed by atoms with Gasteiger partial charge in [-0.3, -0.25) is 0 Å². The van der Waals surface area contributed by atoms with Gasteiger partial charge in [0.05, 0.1) is 0 Å². The number of benzene rings is 1. The van der Waals surface area contributed by atoms with Crippen LogP contribution < -0.4 is 5.73 Å². The molecule has 1 aliphatic heterocycles. The second kappa shape index (κ2) is 5.75. The maximum absolute atomic E-state index is 12.5. The molecule has 0 amide bonds. The molecule has 6 nitrogen and oxygen atoms in total. The van der Waals surface area contributed by atoms with Gasteiger partial charge in [-0.1, -0.05) is 17.3 Å². The predicted molar refractivity (Wildman–Crippen MR) is 80.0 cm³/mol. The summed E-state index contributed by atoms with van der Waals surface area (Å²) in [6.07, 6.45) is 1.66. The third-order valence-electron chi connectivity index (χ3n) is 4.07. The lowest BCUT2D eigenvalue weighted by Crippen LogP contribution is -2.40. The van der Waals surface area contributed by atoms with E-state index in [1.165, 1.54) is 0 Å². The minimum atomic E-state index is -3.36. The Morgan fingerprint density at radius 3 is 2.71 bits per heavy atom. The molecule has 0 radical (unpaired) electrons. The molecule has 3 rings (SSSR count). The molecule has 0 saturated carbocycles. The Kier molecular flexibility index (Phi) is 3.97. The molecule has 0 aliphatic carbocycles. The Balaban J connectivity index is 1.77. The van der Waals surface area contributed by atoms with Gasteiger partial charge < -0.3 is 10.3 Å². The van der Waals surface area contributed by atoms with Crippen LogP contribution >= 0.6 is 0 Å². The summed E-state index contributed by atoms with van der Waals surface area (Å²) in [6.45, 7) is 1.71. The zero-order chi connectivity index (χ0) is 14.9. The van der Waals surface area contributed by atoms with Crippen LogP contribution in [0.15, 0.2) is 28.8 Å². The normalized spacial score (nSPS) is 18.3. The number of hydrogen-bond donors (Lipinski definition) is 1. The van der Waals surface area contributed by atoms with Crippen LogP contribution in [0.3, 0.4) is 0 Å². The van der Waals surface area contributed by atoms with Gasteiger partial charge >= 0.3 is 0 Å². The Bertz CT molecular complexity index is 718. The topological polar surface area (TPSA) is 89.4 Å². The van der Waals surface area contributed by atoms with Crippen molar-refractivity contribution in [3.05, 3.63) is 30.0 Å². The van der Waals surface area contributed by atoms with Gasteiger partial charge in [0.1, 0.15) is 11.4 Å². The molecule has 114 valence electrons. The summed E-state index contributed by atoms with van der Waals surface area (Å²) in [6, 6.07) is 7.30. The Morgan fingerprint density at radius 2 is 2.00 bits per heavy atom. The molecule has 2 aromatic rings. The highest BCUT2D eigenvalue weighted by Crippen LogP contribution is 2.24. The van der Waals surface area contributed by atoms with E-state index in [-0.39, 0.29) is 5.75 Å². The first kappa shape index (κ1) is 14.5. The SMILES string of the molecule is NCC1CCN(S(=O)(=O)Cc2noc3ccccc23)CC1. The third kappa shape index (κ3) is 2.95. The number of sulfonamides is 1. The highest BCUT2D eigenvalue weighted by Gasteiger charge is 2.29. The van der Waals surface area contributed by atoms with Crippen molar-refractivity contribution in [2.24, 2.45) is 11.7 Å². The molecule has 0 atom stereocenters. The third-order valence-corrected chi connectivity index (χ3v) is 5.86. The number of nitrogens with two attached hydrogens (primary N) is 1. The van der Waals surface area contributed by atoms with Crippen molar-refractivity contribution in [3.63, 3.8) is 0 Å². The second-order valence-corrected chi connectivity index (χ2v) is 7.43. The van der Waals surface area contributed by atoms with Crippen molar-refractivity contribution in [2.45, 2.75) is 18.6 Å². The summed E-state index contributed by atoms with van der Waals surface area (Å²) < 4.78 is 31.7. The lowest BCUT2D eigenvalue weighted by molar-refractivity contribution is 0.278. The average molecular weight is 309 g/mol. The van der Waals surface area contributed by atoms with Crippen LogP contribution in [-0.4, -0.2) is 37.5 Å². The molecule has 1 saturated heterocycles. The van der Waals surface area contributed by atoms with E-state index in [0.717, 1.165) is 18.2 Å². The van der Waals surface area contributed by atoms with Gasteiger partial charge in [0.2, 0.25) is 10.0 Å². The minimum absolute atomic E-state index is 0.114. The lowest BCUT2D eigenvalue weighted by atomic mass is 9.99. The molecule has 2 heterocycles. The number of fused-ring (bicyclic) bond motifs is 1. The van der Waals surface area contributed by atoms with Crippen molar-refractivity contribution >= 4 is 21.0 Å². The molecule has 0 bridgehead atoms. The van der Waals surface area contributed by atoms with Gasteiger partial charge in [-0.05, 0) is 37.4 Å². The lowest BCUT2D eigenvalue weighted by Gasteiger charge is -2.30. The van der Waals surface area contributed by atoms with Gasteiger partial charge in [-0.15, -0.1) is 0 Å². The zero-order valence-electron chi connectivity index (χ0n) is 11.7. The molecular weight excluding hydrogens is 290 g/mol. The second-order valence-electron chi connectivity index (χ2n) is 5.46. The molecule has 21 heavy (non-hydrogen) atoms. The maximum atomic E-state index is 12.5. The summed E-state index contributed by atoms with van der Waals surface area (Å²) in [7, 11) is -3.36. The maximum Gasteiger partial charge on any atom is 0.220 e. The van der Waals surface area contributed by atoms with Crippen LogP contribution in [0.5, 0.6) is 0 Å². The fraction of sp³-hybridized carbons (Fsp3) is 0.500. The number of piperidine rings is 1. The largest absolute Gasteiger partial charge is 0.356 e. The van der Waals surface area contributed by atoms with Gasteiger partial charge in [-0.2, -0.15) is 0 Å². The van der Waals surface area contributed by atoms with Crippen LogP contribution in [0.25, 0.3) is 11.0 Å². The van der Waals surface area contributed by atoms with Crippen LogP contribution in [0.2, 0.25) is 0 Å². The van der Waals surface area contributed by atoms with Gasteiger partial charge in [-0.25, -0.2) is 12.7 Å². The van der Waals surface area contributed by atoms with Crippen molar-refractivity contribution < 1.29 is 12.9 Å². The number of para-hydroxylation sites is 1. The van der Waals surface area contributed by atoms with Crippen LogP contribution in [0.1, 0.15) is 18.5 Å². The van der Waals surface area contributed by atoms with Crippen LogP contribution in [0.4, 0.5) is 0 Å². The average Bonchev–Trinajstić information content (AvgIpc) is 2.90. The van der Waals surface area contributed by atoms with E-state index in [0.29, 0.717) is 36.8 Å². The monoisotopic (exact) mass is 309 g/mol. The first-order valence-electron chi connectivity index (χ1n) is 7.11. The summed E-state index contributed by atoms with van der Waals surface area (Å²) in [5, 5.41) is 4.67. The molecule has 2 N–H and O–H groups in total. The van der Waals surface area contributed by atoms with Crippen molar-refractivity contribution in [2.75, 3.05) is 19.6 Å². The van der Waals surface area contributed by atoms with Gasteiger partial charge in [0.25, 0.3) is 0 Å². The van der Waals surface area contributed by atoms with Crippen molar-refractivity contribution in [1.82, 2.24) is 9.46 Å². The van der Waals surface area contributed by atoms with Crippen molar-refractivity contribution in [1.29, 1.82) is 0 Å². The summed E-state index contributed by atoms with van der Waals surface area (Å²) in [5.41, 5.74) is 6.73. The Labute approximate surface area is 123 Å². The summed E-state index contributed by atoms with van der Waals surface area (Å²) >= 11 is 0. The van der Waals surface area contributed by atoms with E-state index in [1.54, 1.807) is 10.4 Å². The highest BCUT2D eigenvalue weighted by molar-refractivity contribution is 7.88. The molecule has 0 spiro atoms. The quantitative estimate of drug-likeness (QED) is 0.920. The number of hydrogen-bond acceptors (Lipinski definition) is 5. The first-order chi connectivity index (χ1) is 10.1. The van der Waals surface area contributed by atoms with E-state index >= 15 is 0 Å². The van der Waals surface area contributed by atoms with E-state index in [4.69, 9.17) is 10.3 Å². The number of aromatic nitrogens is 1. The molecule has 7 heteroatoms. The predicted octanol–water partition coefficient (Wildman–Crippen LogP) is 1.33. The van der Waals surface area contributed by atoms with Crippen LogP contribution in [0, 0.1) is 5.92 Å². The Hall–Kier alpha value is -1.44. The molecule has 1 aliphatic rings. The molecule has 1 aromatic carbocycles. The smallest absolute Gasteiger partial charge is 0.220 e. The molecular formula is C14H19N3O3S.